The predicted molar refractivity (Wildman–Crippen MR) is 288 cm³/mol. The zero-order valence-corrected chi connectivity index (χ0v) is 42.7. The van der Waals surface area contributed by atoms with E-state index in [1.165, 1.54) is 60.0 Å². The van der Waals surface area contributed by atoms with Gasteiger partial charge in [0, 0.05) is 55.6 Å². The van der Waals surface area contributed by atoms with E-state index in [0.717, 1.165) is 36.4 Å². The van der Waals surface area contributed by atoms with Crippen LogP contribution in [0.15, 0.2) is 121 Å². The van der Waals surface area contributed by atoms with E-state index >= 15 is 4.39 Å². The molecule has 10 nitrogen and oxygen atoms in total. The molecule has 5 N–H and O–H groups in total. The van der Waals surface area contributed by atoms with Gasteiger partial charge >= 0.3 is 12.4 Å². The fraction of sp³-hybridized carbons (Fsp3) is 0.344. The molecule has 2 saturated heterocycles. The van der Waals surface area contributed by atoms with Gasteiger partial charge in [0.25, 0.3) is 11.8 Å². The number of carbonyl (C=O) groups excluding carboxylic acids is 4. The number of rotatable bonds is 10. The van der Waals surface area contributed by atoms with Gasteiger partial charge in [0.15, 0.2) is 0 Å². The Morgan fingerprint density at radius 1 is 0.557 bits per heavy atom. The standard InChI is InChI=1S/C33H35F4N3O2.C28H27F4N3O2/c1-20-12-15-25(19-27(20)33(35,36)37)39-31(41)26-10-6-18-40(32(42)29-21(2)7-5-11-28(29)34)30(26)22-13-16-24(17-14-22)38-23-8-3-4-9-23;1-16-8-13-20(15-22(16)28(30,31)32)34-26(36)21-6-4-14-35(25(21)18-9-11-19(33)12-10-18)27(37)24-17(2)5-3-7-23(24)29/h5,7,11-17,19,23,26,30,38H,3-4,6,8-10,18H2,1-2H3,(H,39,41);3,5,7-13,15,21,25H,4,6,14,33H2,1-2H3,(H,34,36)/t26-,30-;21-,25-/m00/s1/i2D3,3D2,4D2;2D3. The van der Waals surface area contributed by atoms with Crippen molar-refractivity contribution in [2.45, 2.75) is 109 Å². The third kappa shape index (κ3) is 13.2. The molecule has 0 spiro atoms. The fourth-order valence-electron chi connectivity index (χ4n) is 10.3. The number of nitrogens with two attached hydrogens (primary N) is 1. The molecule has 1 saturated carbocycles. The number of hydrogen-bond donors (Lipinski definition) is 4. The SMILES string of the molecule is [2H]C([2H])([2H])c1cccc(F)c1C(=O)N1CCC[C@H](C(=O)Nc2ccc(C)c(C(F)(F)F)c2)[C@@H]1c1ccc(N)cc1.[2H]C([2H])([2H])c1cccc(F)c1C(=O)N1CCC[C@H](C(=O)Nc2ccc(C)c(C(F)(F)F)c2)[C@@H]1c1ccc(NC2CC([2H])([2H])C([2H])([2H])C2)cc1. The van der Waals surface area contributed by atoms with Crippen molar-refractivity contribution in [3.63, 3.8) is 0 Å². The summed E-state index contributed by atoms with van der Waals surface area (Å²) in [6.07, 6.45) is -12.5. The maximum absolute atomic E-state index is 15.3. The summed E-state index contributed by atoms with van der Waals surface area (Å²) in [6.45, 7) is -2.89. The highest BCUT2D eigenvalue weighted by Gasteiger charge is 2.43. The summed E-state index contributed by atoms with van der Waals surface area (Å²) < 4.78 is 191. The normalized spacial score (nSPS) is 22.3. The number of aryl methyl sites for hydroxylation is 4. The molecule has 6 aromatic rings. The summed E-state index contributed by atoms with van der Waals surface area (Å²) in [5, 5.41) is 8.21. The van der Waals surface area contributed by atoms with Crippen LogP contribution in [0.4, 0.5) is 57.9 Å². The van der Waals surface area contributed by atoms with Gasteiger partial charge in [-0.1, -0.05) is 73.4 Å². The van der Waals surface area contributed by atoms with Gasteiger partial charge in [-0.3, -0.25) is 19.2 Å². The number of anilines is 4. The van der Waals surface area contributed by atoms with Crippen LogP contribution in [0.25, 0.3) is 0 Å². The molecule has 3 fully saturated rings. The minimum absolute atomic E-state index is 0.00497. The summed E-state index contributed by atoms with van der Waals surface area (Å²) in [4.78, 5) is 57.8. The molecular formula is C61H62F8N6O4. The lowest BCUT2D eigenvalue weighted by Crippen LogP contribution is -2.46. The van der Waals surface area contributed by atoms with Crippen LogP contribution in [0.3, 0.4) is 0 Å². The van der Waals surface area contributed by atoms with Crippen LogP contribution in [0.2, 0.25) is 0 Å². The largest absolute Gasteiger partial charge is 0.416 e. The van der Waals surface area contributed by atoms with Gasteiger partial charge < -0.3 is 31.5 Å². The van der Waals surface area contributed by atoms with E-state index in [-0.39, 0.29) is 67.7 Å². The van der Waals surface area contributed by atoms with Crippen LogP contribution in [-0.2, 0) is 21.9 Å². The van der Waals surface area contributed by atoms with E-state index < -0.39 is 137 Å². The van der Waals surface area contributed by atoms with Gasteiger partial charge in [0.1, 0.15) is 11.6 Å². The zero-order valence-electron chi connectivity index (χ0n) is 52.7. The summed E-state index contributed by atoms with van der Waals surface area (Å²) in [7, 11) is 0. The highest BCUT2D eigenvalue weighted by Crippen LogP contribution is 2.42. The second-order valence-electron chi connectivity index (χ2n) is 19.6. The Bertz CT molecular complexity index is 3610. The third-order valence-electron chi connectivity index (χ3n) is 14.3. The van der Waals surface area contributed by atoms with E-state index in [1.54, 1.807) is 48.5 Å². The number of carbonyl (C=O) groups is 4. The molecule has 79 heavy (non-hydrogen) atoms. The Hall–Kier alpha value is -7.76. The number of halogens is 8. The van der Waals surface area contributed by atoms with E-state index in [0.29, 0.717) is 28.9 Å². The van der Waals surface area contributed by atoms with Crippen molar-refractivity contribution < 1.29 is 68.0 Å². The van der Waals surface area contributed by atoms with E-state index in [9.17, 15) is 49.9 Å². The van der Waals surface area contributed by atoms with Crippen molar-refractivity contribution in [2.24, 2.45) is 11.8 Å². The van der Waals surface area contributed by atoms with Crippen LogP contribution >= 0.6 is 0 Å². The lowest BCUT2D eigenvalue weighted by atomic mass is 9.83. The van der Waals surface area contributed by atoms with E-state index in [1.807, 2.05) is 0 Å². The monoisotopic (exact) mass is 1100 g/mol. The molecule has 0 radical (unpaired) electrons. The molecule has 2 aliphatic heterocycles. The summed E-state index contributed by atoms with van der Waals surface area (Å²) >= 11 is 0. The van der Waals surface area contributed by atoms with Crippen molar-refractivity contribution in [1.29, 1.82) is 0 Å². The quantitative estimate of drug-likeness (QED) is 0.0797. The number of nitrogens with one attached hydrogen (secondary N) is 3. The molecule has 0 bridgehead atoms. The van der Waals surface area contributed by atoms with Crippen molar-refractivity contribution in [2.75, 3.05) is 34.8 Å². The number of likely N-dealkylation sites (tertiary alicyclic amines) is 2. The van der Waals surface area contributed by atoms with Crippen molar-refractivity contribution in [3.05, 3.63) is 189 Å². The molecule has 3 aliphatic rings. The summed E-state index contributed by atoms with van der Waals surface area (Å²) in [6, 6.07) is 23.6. The first kappa shape index (κ1) is 45.1. The topological polar surface area (TPSA) is 137 Å². The molecule has 6 aromatic carbocycles. The summed E-state index contributed by atoms with van der Waals surface area (Å²) in [5.74, 6) is -7.25. The first-order valence-corrected chi connectivity index (χ1v) is 25.3. The number of amides is 4. The lowest BCUT2D eigenvalue weighted by Gasteiger charge is -2.41. The average molecular weight is 1110 g/mol. The molecule has 416 valence electrons. The molecule has 1 aliphatic carbocycles. The molecule has 4 atom stereocenters. The van der Waals surface area contributed by atoms with Gasteiger partial charge in [0.2, 0.25) is 11.8 Å². The Balaban J connectivity index is 0.000000235. The zero-order chi connectivity index (χ0) is 65.5. The molecule has 2 heterocycles. The number of piperidine rings is 2. The van der Waals surface area contributed by atoms with Crippen LogP contribution in [0.1, 0.15) is 142 Å². The lowest BCUT2D eigenvalue weighted by molar-refractivity contribution is -0.138. The minimum atomic E-state index is -4.67. The Labute approximate surface area is 467 Å². The number of nitrogen functional groups attached to an aromatic ring is 1. The second-order valence-corrected chi connectivity index (χ2v) is 19.6. The average Bonchev–Trinajstić information content (AvgIpc) is 1.37. The Kier molecular flexibility index (Phi) is 13.8. The Morgan fingerprint density at radius 3 is 1.37 bits per heavy atom. The number of hydrogen-bond acceptors (Lipinski definition) is 6. The predicted octanol–water partition coefficient (Wildman–Crippen LogP) is 14.3. The maximum Gasteiger partial charge on any atom is 0.416 e. The van der Waals surface area contributed by atoms with E-state index in [4.69, 9.17) is 19.4 Å². The van der Waals surface area contributed by atoms with E-state index in [2.05, 4.69) is 16.0 Å². The van der Waals surface area contributed by atoms with Gasteiger partial charge in [-0.25, -0.2) is 8.78 Å². The number of alkyl halides is 6. The molecular weight excluding hydrogens is 1030 g/mol. The van der Waals surface area contributed by atoms with Crippen LogP contribution < -0.4 is 21.7 Å². The first-order chi connectivity index (χ1) is 41.4. The smallest absolute Gasteiger partial charge is 0.399 e. The third-order valence-corrected chi connectivity index (χ3v) is 14.3. The maximum atomic E-state index is 15.3. The van der Waals surface area contributed by atoms with Crippen LogP contribution in [-0.4, -0.2) is 52.6 Å². The van der Waals surface area contributed by atoms with Gasteiger partial charge in [-0.05, 0) is 160 Å². The van der Waals surface area contributed by atoms with Gasteiger partial charge in [-0.15, -0.1) is 0 Å². The minimum Gasteiger partial charge on any atom is -0.399 e. The molecule has 18 heteroatoms. The highest BCUT2D eigenvalue weighted by atomic mass is 19.4. The molecule has 4 amide bonds. The first-order valence-electron chi connectivity index (χ1n) is 30.3. The molecule has 0 unspecified atom stereocenters. The van der Waals surface area contributed by atoms with Gasteiger partial charge in [-0.2, -0.15) is 26.3 Å². The van der Waals surface area contributed by atoms with Crippen molar-refractivity contribution in [1.82, 2.24) is 9.80 Å². The van der Waals surface area contributed by atoms with Gasteiger partial charge in [0.05, 0.1) is 46.2 Å². The molecule has 9 rings (SSSR count). The van der Waals surface area contributed by atoms with Crippen molar-refractivity contribution >= 4 is 46.4 Å². The second kappa shape index (κ2) is 24.1. The molecule has 0 aromatic heterocycles. The van der Waals surface area contributed by atoms with Crippen molar-refractivity contribution in [3.8, 4) is 0 Å². The van der Waals surface area contributed by atoms with Crippen LogP contribution in [0.5, 0.6) is 0 Å². The Morgan fingerprint density at radius 2 is 0.962 bits per heavy atom. The fourth-order valence-corrected chi connectivity index (χ4v) is 10.3. The highest BCUT2D eigenvalue weighted by molar-refractivity contribution is 5.99. The summed E-state index contributed by atoms with van der Waals surface area (Å²) in [5.41, 5.74) is 3.36. The number of nitrogens with zero attached hydrogens (tertiary/aromatic N) is 2. The number of benzene rings is 6. The van der Waals surface area contributed by atoms with Crippen LogP contribution in [0, 0.1) is 51.0 Å².